The Morgan fingerprint density at radius 2 is 2.21 bits per heavy atom. The maximum atomic E-state index is 11.5. The SMILES string of the molecule is CC(C)(Br)C(=O)NCC1CCCC1O. The van der Waals surface area contributed by atoms with Crippen LogP contribution in [0.3, 0.4) is 0 Å². The monoisotopic (exact) mass is 263 g/mol. The number of amides is 1. The number of halogens is 1. The highest BCUT2D eigenvalue weighted by Crippen LogP contribution is 2.25. The highest BCUT2D eigenvalue weighted by molar-refractivity contribution is 9.10. The van der Waals surface area contributed by atoms with E-state index in [2.05, 4.69) is 21.2 Å². The van der Waals surface area contributed by atoms with Gasteiger partial charge in [0.15, 0.2) is 0 Å². The zero-order chi connectivity index (χ0) is 10.8. The number of aliphatic hydroxyl groups is 1. The van der Waals surface area contributed by atoms with Crippen LogP contribution < -0.4 is 5.32 Å². The van der Waals surface area contributed by atoms with Gasteiger partial charge in [0, 0.05) is 12.5 Å². The third kappa shape index (κ3) is 3.24. The molecule has 1 fully saturated rings. The Morgan fingerprint density at radius 1 is 1.57 bits per heavy atom. The number of carbonyl (C=O) groups excluding carboxylic acids is 1. The molecule has 2 N–H and O–H groups in total. The van der Waals surface area contributed by atoms with Gasteiger partial charge in [-0.3, -0.25) is 4.79 Å². The van der Waals surface area contributed by atoms with Gasteiger partial charge in [0.2, 0.25) is 5.91 Å². The van der Waals surface area contributed by atoms with Crippen LogP contribution in [0.5, 0.6) is 0 Å². The fourth-order valence-corrected chi connectivity index (χ4v) is 1.83. The van der Waals surface area contributed by atoms with Gasteiger partial charge in [-0.15, -0.1) is 0 Å². The second-order valence-corrected chi connectivity index (χ2v) is 6.42. The van der Waals surface area contributed by atoms with Crippen molar-refractivity contribution in [3.8, 4) is 0 Å². The molecule has 82 valence electrons. The number of carbonyl (C=O) groups is 1. The van der Waals surface area contributed by atoms with Gasteiger partial charge in [-0.25, -0.2) is 0 Å². The Balaban J connectivity index is 2.30. The molecule has 1 saturated carbocycles. The van der Waals surface area contributed by atoms with Crippen LogP contribution in [0.1, 0.15) is 33.1 Å². The lowest BCUT2D eigenvalue weighted by molar-refractivity contribution is -0.122. The Labute approximate surface area is 93.4 Å². The number of rotatable bonds is 3. The van der Waals surface area contributed by atoms with Crippen molar-refractivity contribution in [3.05, 3.63) is 0 Å². The average molecular weight is 264 g/mol. The molecule has 0 spiro atoms. The predicted molar refractivity (Wildman–Crippen MR) is 59.4 cm³/mol. The zero-order valence-corrected chi connectivity index (χ0v) is 10.3. The lowest BCUT2D eigenvalue weighted by Gasteiger charge is -2.19. The van der Waals surface area contributed by atoms with Gasteiger partial charge < -0.3 is 10.4 Å². The molecule has 0 heterocycles. The summed E-state index contributed by atoms with van der Waals surface area (Å²) in [6.45, 7) is 4.22. The second-order valence-electron chi connectivity index (χ2n) is 4.44. The first-order valence-electron chi connectivity index (χ1n) is 5.06. The molecular formula is C10H18BrNO2. The van der Waals surface area contributed by atoms with Crippen LogP contribution >= 0.6 is 15.9 Å². The Kier molecular flexibility index (Phi) is 3.95. The van der Waals surface area contributed by atoms with Gasteiger partial charge in [-0.1, -0.05) is 22.4 Å². The van der Waals surface area contributed by atoms with Gasteiger partial charge in [0.25, 0.3) is 0 Å². The highest BCUT2D eigenvalue weighted by Gasteiger charge is 2.28. The van der Waals surface area contributed by atoms with Crippen molar-refractivity contribution in [3.63, 3.8) is 0 Å². The number of hydrogen-bond donors (Lipinski definition) is 2. The summed E-state index contributed by atoms with van der Waals surface area (Å²) < 4.78 is -0.517. The average Bonchev–Trinajstić information content (AvgIpc) is 2.45. The summed E-state index contributed by atoms with van der Waals surface area (Å²) in [7, 11) is 0. The molecule has 0 bridgehead atoms. The third-order valence-corrected chi connectivity index (χ3v) is 3.04. The van der Waals surface area contributed by atoms with E-state index >= 15 is 0 Å². The first-order valence-corrected chi connectivity index (χ1v) is 5.86. The minimum atomic E-state index is -0.517. The Morgan fingerprint density at radius 3 is 2.64 bits per heavy atom. The van der Waals surface area contributed by atoms with Crippen LogP contribution in [0.15, 0.2) is 0 Å². The van der Waals surface area contributed by atoms with Crippen molar-refractivity contribution in [1.29, 1.82) is 0 Å². The standard InChI is InChI=1S/C10H18BrNO2/c1-10(2,11)9(14)12-6-7-4-3-5-8(7)13/h7-8,13H,3-6H2,1-2H3,(H,12,14). The summed E-state index contributed by atoms with van der Waals surface area (Å²) in [6.07, 6.45) is 2.73. The molecule has 2 atom stereocenters. The predicted octanol–water partition coefficient (Wildman–Crippen LogP) is 1.44. The summed E-state index contributed by atoms with van der Waals surface area (Å²) >= 11 is 3.29. The number of aliphatic hydroxyl groups excluding tert-OH is 1. The van der Waals surface area contributed by atoms with E-state index in [9.17, 15) is 9.90 Å². The normalized spacial score (nSPS) is 27.7. The summed E-state index contributed by atoms with van der Waals surface area (Å²) in [5, 5.41) is 12.4. The van der Waals surface area contributed by atoms with Crippen molar-refractivity contribution in [2.45, 2.75) is 43.5 Å². The van der Waals surface area contributed by atoms with Gasteiger partial charge in [-0.05, 0) is 26.7 Å². The molecule has 0 aliphatic heterocycles. The van der Waals surface area contributed by atoms with Crippen molar-refractivity contribution in [2.75, 3.05) is 6.54 Å². The molecule has 0 saturated heterocycles. The number of nitrogens with one attached hydrogen (secondary N) is 1. The van der Waals surface area contributed by atoms with E-state index in [4.69, 9.17) is 0 Å². The maximum absolute atomic E-state index is 11.5. The minimum Gasteiger partial charge on any atom is -0.393 e. The summed E-state index contributed by atoms with van der Waals surface area (Å²) in [5.74, 6) is 0.227. The first-order chi connectivity index (χ1) is 6.41. The van der Waals surface area contributed by atoms with Gasteiger partial charge in [0.1, 0.15) is 0 Å². The van der Waals surface area contributed by atoms with Crippen molar-refractivity contribution >= 4 is 21.8 Å². The molecule has 1 amide bonds. The molecule has 3 nitrogen and oxygen atoms in total. The smallest absolute Gasteiger partial charge is 0.236 e. The van der Waals surface area contributed by atoms with Crippen LogP contribution in [0.2, 0.25) is 0 Å². The highest BCUT2D eigenvalue weighted by atomic mass is 79.9. The zero-order valence-electron chi connectivity index (χ0n) is 8.72. The molecule has 1 aliphatic rings. The molecular weight excluding hydrogens is 246 g/mol. The first kappa shape index (κ1) is 12.0. The van der Waals surface area contributed by atoms with Gasteiger partial charge >= 0.3 is 0 Å². The van der Waals surface area contributed by atoms with E-state index in [1.807, 2.05) is 13.8 Å². The fraction of sp³-hybridized carbons (Fsp3) is 0.900. The Hall–Kier alpha value is -0.0900. The summed E-state index contributed by atoms with van der Waals surface area (Å²) in [4.78, 5) is 11.5. The third-order valence-electron chi connectivity index (χ3n) is 2.68. The molecule has 2 unspecified atom stereocenters. The van der Waals surface area contributed by atoms with Crippen LogP contribution in [0, 0.1) is 5.92 Å². The number of hydrogen-bond acceptors (Lipinski definition) is 2. The molecule has 1 aliphatic carbocycles. The largest absolute Gasteiger partial charge is 0.393 e. The van der Waals surface area contributed by atoms with Crippen LogP contribution in [0.4, 0.5) is 0 Å². The van der Waals surface area contributed by atoms with Crippen LogP contribution in [-0.4, -0.2) is 28.0 Å². The van der Waals surface area contributed by atoms with Crippen LogP contribution in [0.25, 0.3) is 0 Å². The van der Waals surface area contributed by atoms with E-state index in [0.717, 1.165) is 19.3 Å². The topological polar surface area (TPSA) is 49.3 Å². The lowest BCUT2D eigenvalue weighted by Crippen LogP contribution is -2.41. The number of alkyl halides is 1. The molecule has 0 aromatic heterocycles. The van der Waals surface area contributed by atoms with Crippen molar-refractivity contribution < 1.29 is 9.90 Å². The summed E-state index contributed by atoms with van der Waals surface area (Å²) in [5.41, 5.74) is 0. The molecule has 14 heavy (non-hydrogen) atoms. The summed E-state index contributed by atoms with van der Waals surface area (Å²) in [6, 6.07) is 0. The molecule has 1 rings (SSSR count). The quantitative estimate of drug-likeness (QED) is 0.758. The molecule has 0 aromatic rings. The lowest BCUT2D eigenvalue weighted by atomic mass is 10.1. The second kappa shape index (κ2) is 4.62. The van der Waals surface area contributed by atoms with Gasteiger partial charge in [-0.2, -0.15) is 0 Å². The minimum absolute atomic E-state index is 0.0170. The van der Waals surface area contributed by atoms with Crippen LogP contribution in [-0.2, 0) is 4.79 Å². The molecule has 4 heteroatoms. The van der Waals surface area contributed by atoms with E-state index in [1.165, 1.54) is 0 Å². The van der Waals surface area contributed by atoms with Crippen molar-refractivity contribution in [2.24, 2.45) is 5.92 Å². The van der Waals surface area contributed by atoms with E-state index in [0.29, 0.717) is 6.54 Å². The van der Waals surface area contributed by atoms with E-state index in [-0.39, 0.29) is 17.9 Å². The molecule has 0 aromatic carbocycles. The van der Waals surface area contributed by atoms with E-state index < -0.39 is 4.32 Å². The molecule has 0 radical (unpaired) electrons. The van der Waals surface area contributed by atoms with Gasteiger partial charge in [0.05, 0.1) is 10.4 Å². The maximum Gasteiger partial charge on any atom is 0.236 e. The van der Waals surface area contributed by atoms with E-state index in [1.54, 1.807) is 0 Å². The Bertz CT molecular complexity index is 213. The van der Waals surface area contributed by atoms with Crippen molar-refractivity contribution in [1.82, 2.24) is 5.32 Å². The fourth-order valence-electron chi connectivity index (χ4n) is 1.69.